The van der Waals surface area contributed by atoms with Gasteiger partial charge in [-0.3, -0.25) is 9.58 Å². The molecule has 5 nitrogen and oxygen atoms in total. The van der Waals surface area contributed by atoms with Gasteiger partial charge in [-0.05, 0) is 32.0 Å². The van der Waals surface area contributed by atoms with Gasteiger partial charge in [0.2, 0.25) is 0 Å². The fourth-order valence-electron chi connectivity index (χ4n) is 1.93. The smallest absolute Gasteiger partial charge is 0.356 e. The molecule has 0 unspecified atom stereocenters. The van der Waals surface area contributed by atoms with Gasteiger partial charge in [0.05, 0.1) is 5.69 Å². The molecule has 0 aromatic carbocycles. The monoisotopic (exact) mass is 209 g/mol. The average molecular weight is 209 g/mol. The summed E-state index contributed by atoms with van der Waals surface area (Å²) in [6.45, 7) is 3.01. The Kier molecular flexibility index (Phi) is 2.73. The van der Waals surface area contributed by atoms with E-state index in [0.717, 1.165) is 25.3 Å². The number of hydrogen-bond donors (Lipinski definition) is 1. The highest BCUT2D eigenvalue weighted by molar-refractivity contribution is 5.85. The molecule has 1 fully saturated rings. The highest BCUT2D eigenvalue weighted by atomic mass is 16.4. The Morgan fingerprint density at radius 2 is 2.20 bits per heavy atom. The minimum absolute atomic E-state index is 0.131. The largest absolute Gasteiger partial charge is 0.476 e. The number of aromatic nitrogens is 2. The second-order valence-corrected chi connectivity index (χ2v) is 3.93. The number of carbonyl (C=O) groups is 1. The molecule has 1 aliphatic rings. The Morgan fingerprint density at radius 3 is 2.73 bits per heavy atom. The molecule has 1 N–H and O–H groups in total. The van der Waals surface area contributed by atoms with Gasteiger partial charge in [-0.25, -0.2) is 4.79 Å². The number of carboxylic acid groups (broad SMARTS) is 1. The van der Waals surface area contributed by atoms with E-state index in [2.05, 4.69) is 10.00 Å². The van der Waals surface area contributed by atoms with Crippen molar-refractivity contribution in [2.75, 3.05) is 13.1 Å². The third-order valence-corrected chi connectivity index (χ3v) is 2.78. The maximum absolute atomic E-state index is 10.7. The van der Waals surface area contributed by atoms with Crippen LogP contribution >= 0.6 is 0 Å². The van der Waals surface area contributed by atoms with Crippen LogP contribution in [-0.2, 0) is 13.6 Å². The van der Waals surface area contributed by atoms with Gasteiger partial charge in [0, 0.05) is 13.6 Å². The van der Waals surface area contributed by atoms with Crippen LogP contribution in [0.15, 0.2) is 6.07 Å². The van der Waals surface area contributed by atoms with E-state index in [1.54, 1.807) is 17.8 Å². The van der Waals surface area contributed by atoms with E-state index in [1.165, 1.54) is 12.8 Å². The zero-order chi connectivity index (χ0) is 10.8. The number of aromatic carboxylic acids is 1. The molecule has 1 aromatic rings. The van der Waals surface area contributed by atoms with Gasteiger partial charge in [-0.2, -0.15) is 5.10 Å². The van der Waals surface area contributed by atoms with Crippen molar-refractivity contribution in [3.63, 3.8) is 0 Å². The average Bonchev–Trinajstić information content (AvgIpc) is 2.77. The molecule has 1 saturated heterocycles. The summed E-state index contributed by atoms with van der Waals surface area (Å²) in [7, 11) is 1.79. The van der Waals surface area contributed by atoms with Crippen LogP contribution in [0.2, 0.25) is 0 Å². The Hall–Kier alpha value is -1.36. The molecule has 0 spiro atoms. The van der Waals surface area contributed by atoms with Crippen molar-refractivity contribution in [1.82, 2.24) is 14.7 Å². The molecule has 1 aromatic heterocycles. The lowest BCUT2D eigenvalue weighted by Gasteiger charge is -2.13. The first-order valence-corrected chi connectivity index (χ1v) is 5.15. The Labute approximate surface area is 88.3 Å². The summed E-state index contributed by atoms with van der Waals surface area (Å²) in [4.78, 5) is 13.0. The summed E-state index contributed by atoms with van der Waals surface area (Å²) in [5.41, 5.74) is 1.10. The summed E-state index contributed by atoms with van der Waals surface area (Å²) in [5, 5.41) is 12.7. The zero-order valence-corrected chi connectivity index (χ0v) is 8.81. The number of hydrogen-bond acceptors (Lipinski definition) is 3. The lowest BCUT2D eigenvalue weighted by Crippen LogP contribution is -2.20. The van der Waals surface area contributed by atoms with E-state index >= 15 is 0 Å². The van der Waals surface area contributed by atoms with Crippen molar-refractivity contribution in [3.05, 3.63) is 17.5 Å². The molecule has 82 valence electrons. The molecule has 2 rings (SSSR count). The minimum Gasteiger partial charge on any atom is -0.476 e. The van der Waals surface area contributed by atoms with Crippen molar-refractivity contribution in [2.45, 2.75) is 19.4 Å². The van der Waals surface area contributed by atoms with Crippen LogP contribution in [0, 0.1) is 0 Å². The van der Waals surface area contributed by atoms with E-state index in [1.807, 2.05) is 0 Å². The molecule has 15 heavy (non-hydrogen) atoms. The van der Waals surface area contributed by atoms with Gasteiger partial charge in [-0.15, -0.1) is 0 Å². The second kappa shape index (κ2) is 4.02. The maximum atomic E-state index is 10.7. The van der Waals surface area contributed by atoms with Crippen molar-refractivity contribution >= 4 is 5.97 Å². The first-order chi connectivity index (χ1) is 7.16. The van der Waals surface area contributed by atoms with Gasteiger partial charge < -0.3 is 5.11 Å². The van der Waals surface area contributed by atoms with Crippen molar-refractivity contribution in [2.24, 2.45) is 7.05 Å². The molecule has 5 heteroatoms. The van der Waals surface area contributed by atoms with Crippen molar-refractivity contribution in [1.29, 1.82) is 0 Å². The molecule has 0 saturated carbocycles. The third-order valence-electron chi connectivity index (χ3n) is 2.78. The maximum Gasteiger partial charge on any atom is 0.356 e. The predicted octanol–water partition coefficient (Wildman–Crippen LogP) is 0.714. The van der Waals surface area contributed by atoms with E-state index in [4.69, 9.17) is 5.11 Å². The normalized spacial score (nSPS) is 17.1. The van der Waals surface area contributed by atoms with Gasteiger partial charge in [0.15, 0.2) is 5.69 Å². The summed E-state index contributed by atoms with van der Waals surface area (Å²) >= 11 is 0. The van der Waals surface area contributed by atoms with Crippen LogP contribution < -0.4 is 0 Å². The zero-order valence-electron chi connectivity index (χ0n) is 8.81. The Bertz CT molecular complexity index is 367. The molecule has 0 atom stereocenters. The van der Waals surface area contributed by atoms with Crippen molar-refractivity contribution in [3.8, 4) is 0 Å². The van der Waals surface area contributed by atoms with Gasteiger partial charge in [0.1, 0.15) is 0 Å². The predicted molar refractivity (Wildman–Crippen MR) is 54.7 cm³/mol. The quantitative estimate of drug-likeness (QED) is 0.796. The second-order valence-electron chi connectivity index (χ2n) is 3.93. The van der Waals surface area contributed by atoms with Crippen LogP contribution in [0.25, 0.3) is 0 Å². The molecular formula is C10H15N3O2. The van der Waals surface area contributed by atoms with Crippen LogP contribution in [-0.4, -0.2) is 38.8 Å². The molecule has 0 aliphatic carbocycles. The summed E-state index contributed by atoms with van der Waals surface area (Å²) in [5.74, 6) is -0.960. The highest BCUT2D eigenvalue weighted by Gasteiger charge is 2.16. The van der Waals surface area contributed by atoms with Gasteiger partial charge in [-0.1, -0.05) is 0 Å². The number of aryl methyl sites for hydroxylation is 1. The molecule has 0 amide bonds. The summed E-state index contributed by atoms with van der Waals surface area (Å²) in [6, 6.07) is 1.65. The van der Waals surface area contributed by atoms with Crippen LogP contribution in [0.4, 0.5) is 0 Å². The fourth-order valence-corrected chi connectivity index (χ4v) is 1.93. The first-order valence-electron chi connectivity index (χ1n) is 5.15. The number of nitrogens with zero attached hydrogens (tertiary/aromatic N) is 3. The van der Waals surface area contributed by atoms with E-state index in [9.17, 15) is 4.79 Å². The van der Waals surface area contributed by atoms with Crippen molar-refractivity contribution < 1.29 is 9.90 Å². The number of carboxylic acids is 1. The molecule has 0 radical (unpaired) electrons. The summed E-state index contributed by atoms with van der Waals surface area (Å²) < 4.78 is 1.65. The topological polar surface area (TPSA) is 58.4 Å². The van der Waals surface area contributed by atoms with Gasteiger partial charge in [0.25, 0.3) is 0 Å². The number of likely N-dealkylation sites (tertiary alicyclic amines) is 1. The SMILES string of the molecule is Cn1nc(C(=O)O)cc1CN1CCCC1. The standard InChI is InChI=1S/C10H15N3O2/c1-12-8(6-9(11-12)10(14)15)7-13-4-2-3-5-13/h6H,2-5,7H2,1H3,(H,14,15). The van der Waals surface area contributed by atoms with E-state index in [0.29, 0.717) is 0 Å². The summed E-state index contributed by atoms with van der Waals surface area (Å²) in [6.07, 6.45) is 2.48. The van der Waals surface area contributed by atoms with E-state index in [-0.39, 0.29) is 5.69 Å². The molecule has 1 aliphatic heterocycles. The Morgan fingerprint density at radius 1 is 1.53 bits per heavy atom. The minimum atomic E-state index is -0.960. The van der Waals surface area contributed by atoms with Gasteiger partial charge >= 0.3 is 5.97 Å². The molecule has 2 heterocycles. The van der Waals surface area contributed by atoms with Crippen LogP contribution in [0.5, 0.6) is 0 Å². The number of rotatable bonds is 3. The first kappa shape index (κ1) is 10.2. The highest BCUT2D eigenvalue weighted by Crippen LogP contribution is 2.13. The third kappa shape index (κ3) is 2.18. The molecular weight excluding hydrogens is 194 g/mol. The van der Waals surface area contributed by atoms with E-state index < -0.39 is 5.97 Å². The lowest BCUT2D eigenvalue weighted by atomic mass is 10.3. The lowest BCUT2D eigenvalue weighted by molar-refractivity contribution is 0.0689. The van der Waals surface area contributed by atoms with Crippen LogP contribution in [0.1, 0.15) is 29.0 Å². The molecule has 0 bridgehead atoms. The fraction of sp³-hybridized carbons (Fsp3) is 0.600. The Balaban J connectivity index is 2.10. The van der Waals surface area contributed by atoms with Crippen LogP contribution in [0.3, 0.4) is 0 Å².